The summed E-state index contributed by atoms with van der Waals surface area (Å²) in [6, 6.07) is 8.43. The molecule has 7 heteroatoms. The number of tetrazole rings is 1. The van der Waals surface area contributed by atoms with Crippen molar-refractivity contribution in [3.8, 4) is 11.4 Å². The topological polar surface area (TPSA) is 79.1 Å². The SMILES string of the molecule is CN[C@H](CN1CC[C@H](O)C1)c1cccc(-c2nnn(C)n2)c1. The van der Waals surface area contributed by atoms with Crippen LogP contribution in [0, 0.1) is 0 Å². The highest BCUT2D eigenvalue weighted by atomic mass is 16.3. The molecular weight excluding hydrogens is 280 g/mol. The number of aliphatic hydroxyl groups is 1. The molecule has 0 amide bonds. The van der Waals surface area contributed by atoms with Crippen LogP contribution in [-0.4, -0.2) is 63.0 Å². The summed E-state index contributed by atoms with van der Waals surface area (Å²) < 4.78 is 0. The molecule has 2 heterocycles. The summed E-state index contributed by atoms with van der Waals surface area (Å²) in [5.41, 5.74) is 2.15. The minimum atomic E-state index is -0.187. The van der Waals surface area contributed by atoms with Crippen LogP contribution in [0.2, 0.25) is 0 Å². The van der Waals surface area contributed by atoms with Gasteiger partial charge in [-0.2, -0.15) is 4.80 Å². The molecule has 0 unspecified atom stereocenters. The molecule has 1 fully saturated rings. The summed E-state index contributed by atoms with van der Waals surface area (Å²) in [5.74, 6) is 0.635. The fourth-order valence-electron chi connectivity index (χ4n) is 2.89. The van der Waals surface area contributed by atoms with E-state index >= 15 is 0 Å². The summed E-state index contributed by atoms with van der Waals surface area (Å²) >= 11 is 0. The van der Waals surface area contributed by atoms with Gasteiger partial charge in [0, 0.05) is 31.2 Å². The number of likely N-dealkylation sites (tertiary alicyclic amines) is 1. The van der Waals surface area contributed by atoms with Gasteiger partial charge >= 0.3 is 0 Å². The van der Waals surface area contributed by atoms with E-state index in [1.165, 1.54) is 10.4 Å². The van der Waals surface area contributed by atoms with Gasteiger partial charge in [0.1, 0.15) is 0 Å². The van der Waals surface area contributed by atoms with E-state index in [2.05, 4.69) is 37.8 Å². The number of nitrogens with one attached hydrogen (secondary N) is 1. The Bertz CT molecular complexity index is 628. The monoisotopic (exact) mass is 302 g/mol. The Labute approximate surface area is 129 Å². The predicted molar refractivity (Wildman–Crippen MR) is 83.1 cm³/mol. The lowest BCUT2D eigenvalue weighted by Crippen LogP contribution is -2.33. The summed E-state index contributed by atoms with van der Waals surface area (Å²) in [6.07, 6.45) is 0.674. The van der Waals surface area contributed by atoms with Crippen LogP contribution >= 0.6 is 0 Å². The van der Waals surface area contributed by atoms with Crippen molar-refractivity contribution in [2.75, 3.05) is 26.7 Å². The molecule has 1 aliphatic rings. The molecule has 0 aliphatic carbocycles. The van der Waals surface area contributed by atoms with Gasteiger partial charge in [0.05, 0.1) is 13.2 Å². The van der Waals surface area contributed by atoms with Gasteiger partial charge in [0.15, 0.2) is 0 Å². The molecule has 0 spiro atoms. The molecule has 0 saturated carbocycles. The van der Waals surface area contributed by atoms with E-state index < -0.39 is 0 Å². The maximum absolute atomic E-state index is 9.66. The lowest BCUT2D eigenvalue weighted by Gasteiger charge is -2.23. The summed E-state index contributed by atoms with van der Waals surface area (Å²) in [5, 5.41) is 25.2. The zero-order valence-electron chi connectivity index (χ0n) is 13.0. The van der Waals surface area contributed by atoms with Crippen molar-refractivity contribution in [2.24, 2.45) is 7.05 Å². The molecule has 1 aromatic carbocycles. The van der Waals surface area contributed by atoms with Crippen LogP contribution in [0.25, 0.3) is 11.4 Å². The van der Waals surface area contributed by atoms with Gasteiger partial charge in [0.25, 0.3) is 0 Å². The second-order valence-electron chi connectivity index (χ2n) is 5.77. The van der Waals surface area contributed by atoms with Crippen molar-refractivity contribution >= 4 is 0 Å². The van der Waals surface area contributed by atoms with Crippen LogP contribution in [0.3, 0.4) is 0 Å². The summed E-state index contributed by atoms with van der Waals surface area (Å²) in [7, 11) is 3.72. The molecule has 1 aromatic heterocycles. The minimum absolute atomic E-state index is 0.187. The standard InChI is InChI=1S/C15H22N6O/c1-16-14(10-21-7-6-13(22)9-21)11-4-3-5-12(8-11)15-17-19-20(2)18-15/h3-5,8,13-14,16,22H,6-7,9-10H2,1-2H3/t13-,14+/m0/s1. The first-order valence-electron chi connectivity index (χ1n) is 7.57. The van der Waals surface area contributed by atoms with Crippen molar-refractivity contribution in [1.29, 1.82) is 0 Å². The van der Waals surface area contributed by atoms with Gasteiger partial charge in [0.2, 0.25) is 5.82 Å². The highest BCUT2D eigenvalue weighted by Gasteiger charge is 2.23. The number of likely N-dealkylation sites (N-methyl/N-ethyl adjacent to an activating group) is 1. The largest absolute Gasteiger partial charge is 0.392 e. The molecule has 1 aliphatic heterocycles. The Morgan fingerprint density at radius 3 is 2.95 bits per heavy atom. The molecule has 2 aromatic rings. The Kier molecular flexibility index (Phi) is 4.47. The third-order valence-electron chi connectivity index (χ3n) is 4.09. The number of aliphatic hydroxyl groups excluding tert-OH is 1. The van der Waals surface area contributed by atoms with Crippen LogP contribution in [0.4, 0.5) is 0 Å². The molecule has 2 N–H and O–H groups in total. The average molecular weight is 302 g/mol. The first-order valence-corrected chi connectivity index (χ1v) is 7.57. The number of hydrogen-bond acceptors (Lipinski definition) is 6. The molecule has 2 atom stereocenters. The van der Waals surface area contributed by atoms with Gasteiger partial charge < -0.3 is 10.4 Å². The summed E-state index contributed by atoms with van der Waals surface area (Å²) in [4.78, 5) is 3.75. The van der Waals surface area contributed by atoms with E-state index in [-0.39, 0.29) is 12.1 Å². The maximum Gasteiger partial charge on any atom is 0.204 e. The minimum Gasteiger partial charge on any atom is -0.392 e. The maximum atomic E-state index is 9.66. The van der Waals surface area contributed by atoms with Gasteiger partial charge in [-0.1, -0.05) is 18.2 Å². The number of β-amino-alcohol motifs (C(OH)–C–C–N with tert-alkyl or cyclic N) is 1. The highest BCUT2D eigenvalue weighted by molar-refractivity contribution is 5.55. The average Bonchev–Trinajstić information content (AvgIpc) is 3.13. The van der Waals surface area contributed by atoms with Crippen molar-refractivity contribution in [3.05, 3.63) is 29.8 Å². The first kappa shape index (κ1) is 15.1. The van der Waals surface area contributed by atoms with Crippen molar-refractivity contribution in [2.45, 2.75) is 18.6 Å². The highest BCUT2D eigenvalue weighted by Crippen LogP contribution is 2.22. The van der Waals surface area contributed by atoms with E-state index in [4.69, 9.17) is 0 Å². The van der Waals surface area contributed by atoms with E-state index in [0.29, 0.717) is 5.82 Å². The van der Waals surface area contributed by atoms with Crippen molar-refractivity contribution < 1.29 is 5.11 Å². The number of nitrogens with zero attached hydrogens (tertiary/aromatic N) is 5. The Morgan fingerprint density at radius 1 is 1.45 bits per heavy atom. The smallest absolute Gasteiger partial charge is 0.204 e. The van der Waals surface area contributed by atoms with Gasteiger partial charge in [-0.25, -0.2) is 0 Å². The van der Waals surface area contributed by atoms with E-state index in [0.717, 1.165) is 31.6 Å². The van der Waals surface area contributed by atoms with Crippen molar-refractivity contribution in [3.63, 3.8) is 0 Å². The Hall–Kier alpha value is -1.83. The van der Waals surface area contributed by atoms with Gasteiger partial charge in [-0.15, -0.1) is 10.2 Å². The van der Waals surface area contributed by atoms with E-state index in [9.17, 15) is 5.11 Å². The second kappa shape index (κ2) is 6.51. The molecule has 118 valence electrons. The molecule has 3 rings (SSSR count). The third-order valence-corrected chi connectivity index (χ3v) is 4.09. The molecule has 0 radical (unpaired) electrons. The molecule has 1 saturated heterocycles. The number of hydrogen-bond donors (Lipinski definition) is 2. The molecule has 0 bridgehead atoms. The first-order chi connectivity index (χ1) is 10.7. The molecule has 22 heavy (non-hydrogen) atoms. The van der Waals surface area contributed by atoms with Crippen LogP contribution in [0.1, 0.15) is 18.0 Å². The van der Waals surface area contributed by atoms with Gasteiger partial charge in [-0.3, -0.25) is 4.90 Å². The Balaban J connectivity index is 1.77. The van der Waals surface area contributed by atoms with Crippen LogP contribution < -0.4 is 5.32 Å². The zero-order valence-corrected chi connectivity index (χ0v) is 13.0. The number of aromatic nitrogens is 4. The van der Waals surface area contributed by atoms with Crippen LogP contribution in [0.15, 0.2) is 24.3 Å². The lowest BCUT2D eigenvalue weighted by molar-refractivity contribution is 0.173. The third kappa shape index (κ3) is 3.32. The second-order valence-corrected chi connectivity index (χ2v) is 5.77. The molecule has 7 nitrogen and oxygen atoms in total. The number of benzene rings is 1. The van der Waals surface area contributed by atoms with Crippen LogP contribution in [-0.2, 0) is 7.05 Å². The lowest BCUT2D eigenvalue weighted by atomic mass is 10.0. The van der Waals surface area contributed by atoms with Crippen LogP contribution in [0.5, 0.6) is 0 Å². The predicted octanol–water partition coefficient (Wildman–Crippen LogP) is 0.204. The number of aryl methyl sites for hydroxylation is 1. The van der Waals surface area contributed by atoms with E-state index in [1.54, 1.807) is 7.05 Å². The Morgan fingerprint density at radius 2 is 2.32 bits per heavy atom. The zero-order chi connectivity index (χ0) is 15.5. The normalized spacial score (nSPS) is 20.4. The fraction of sp³-hybridized carbons (Fsp3) is 0.533. The van der Waals surface area contributed by atoms with Gasteiger partial charge in [-0.05, 0) is 30.3 Å². The fourth-order valence-corrected chi connectivity index (χ4v) is 2.89. The molecular formula is C15H22N6O. The quantitative estimate of drug-likeness (QED) is 0.822. The number of rotatable bonds is 5. The van der Waals surface area contributed by atoms with E-state index in [1.807, 2.05) is 19.2 Å². The van der Waals surface area contributed by atoms with Crippen molar-refractivity contribution in [1.82, 2.24) is 30.4 Å². The summed E-state index contributed by atoms with van der Waals surface area (Å²) in [6.45, 7) is 2.58.